The van der Waals surface area contributed by atoms with Crippen molar-refractivity contribution in [2.45, 2.75) is 0 Å². The minimum atomic E-state index is -0.443. The number of rotatable bonds is 2. The molecule has 0 fully saturated rings. The van der Waals surface area contributed by atoms with Crippen molar-refractivity contribution in [1.29, 1.82) is 0 Å². The highest BCUT2D eigenvalue weighted by atomic mass is 35.5. The monoisotopic (exact) mass is 332 g/mol. The number of nitrogens with one attached hydrogen (secondary N) is 1. The zero-order chi connectivity index (χ0) is 15.7. The van der Waals surface area contributed by atoms with Crippen LogP contribution in [0.1, 0.15) is 10.4 Å². The molecule has 22 heavy (non-hydrogen) atoms. The lowest BCUT2D eigenvalue weighted by atomic mass is 10.1. The van der Waals surface area contributed by atoms with E-state index in [0.717, 1.165) is 10.8 Å². The summed E-state index contributed by atoms with van der Waals surface area (Å²) in [7, 11) is 0. The van der Waals surface area contributed by atoms with Crippen LogP contribution < -0.4 is 5.32 Å². The van der Waals surface area contributed by atoms with Gasteiger partial charge in [-0.05, 0) is 41.8 Å². The summed E-state index contributed by atoms with van der Waals surface area (Å²) < 4.78 is 0. The third-order valence-electron chi connectivity index (χ3n) is 3.15. The molecule has 0 saturated carbocycles. The molecule has 0 aliphatic heterocycles. The Morgan fingerprint density at radius 2 is 1.86 bits per heavy atom. The van der Waals surface area contributed by atoms with Gasteiger partial charge in [-0.25, -0.2) is 4.98 Å². The van der Waals surface area contributed by atoms with Crippen molar-refractivity contribution in [1.82, 2.24) is 4.98 Å². The quantitative estimate of drug-likeness (QED) is 0.679. The molecule has 6 heteroatoms. The Kier molecular flexibility index (Phi) is 3.88. The zero-order valence-corrected chi connectivity index (χ0v) is 12.7. The summed E-state index contributed by atoms with van der Waals surface area (Å²) in [6, 6.07) is 11.4. The van der Waals surface area contributed by atoms with Crippen LogP contribution in [0.3, 0.4) is 0 Å². The van der Waals surface area contributed by atoms with E-state index in [1.165, 1.54) is 18.2 Å². The number of hydrogen-bond acceptors (Lipinski definition) is 3. The van der Waals surface area contributed by atoms with Crippen molar-refractivity contribution in [3.8, 4) is 5.75 Å². The fraction of sp³-hybridized carbons (Fsp3) is 0. The van der Waals surface area contributed by atoms with E-state index in [9.17, 15) is 9.90 Å². The van der Waals surface area contributed by atoms with Crippen LogP contribution >= 0.6 is 23.2 Å². The average molecular weight is 333 g/mol. The van der Waals surface area contributed by atoms with Gasteiger partial charge in [0.05, 0.1) is 5.56 Å². The third kappa shape index (κ3) is 2.98. The van der Waals surface area contributed by atoms with Gasteiger partial charge in [-0.3, -0.25) is 4.79 Å². The first kappa shape index (κ1) is 14.6. The molecule has 0 saturated heterocycles. The van der Waals surface area contributed by atoms with Crippen molar-refractivity contribution in [3.05, 3.63) is 64.4 Å². The molecule has 1 aromatic heterocycles. The first-order valence-electron chi connectivity index (χ1n) is 6.38. The number of nitrogens with zero attached hydrogens (tertiary/aromatic N) is 1. The van der Waals surface area contributed by atoms with Gasteiger partial charge in [-0.2, -0.15) is 0 Å². The summed E-state index contributed by atoms with van der Waals surface area (Å²) >= 11 is 11.7. The molecule has 110 valence electrons. The lowest BCUT2D eigenvalue weighted by Gasteiger charge is -2.08. The topological polar surface area (TPSA) is 62.2 Å². The highest BCUT2D eigenvalue weighted by Crippen LogP contribution is 2.24. The van der Waals surface area contributed by atoms with Gasteiger partial charge in [-0.1, -0.05) is 29.3 Å². The van der Waals surface area contributed by atoms with Crippen LogP contribution in [0.25, 0.3) is 10.8 Å². The van der Waals surface area contributed by atoms with Crippen molar-refractivity contribution < 1.29 is 9.90 Å². The zero-order valence-electron chi connectivity index (χ0n) is 11.2. The van der Waals surface area contributed by atoms with E-state index < -0.39 is 5.91 Å². The number of phenols is 1. The molecule has 0 bridgehead atoms. The molecule has 4 nitrogen and oxygen atoms in total. The van der Waals surface area contributed by atoms with Gasteiger partial charge in [0.2, 0.25) is 0 Å². The van der Waals surface area contributed by atoms with Crippen LogP contribution in [0.2, 0.25) is 10.2 Å². The van der Waals surface area contributed by atoms with Crippen molar-refractivity contribution >= 4 is 45.6 Å². The molecule has 2 N–H and O–H groups in total. The minimum Gasteiger partial charge on any atom is -0.507 e. The Morgan fingerprint density at radius 1 is 1.05 bits per heavy atom. The van der Waals surface area contributed by atoms with Gasteiger partial charge in [0.1, 0.15) is 10.9 Å². The Hall–Kier alpha value is -2.30. The second kappa shape index (κ2) is 5.83. The van der Waals surface area contributed by atoms with E-state index in [0.29, 0.717) is 15.9 Å². The number of aromatic nitrogens is 1. The van der Waals surface area contributed by atoms with Gasteiger partial charge in [0.25, 0.3) is 5.91 Å². The number of pyridine rings is 1. The molecular weight excluding hydrogens is 323 g/mol. The number of phenolic OH excluding ortho intramolecular Hbond substituents is 1. The van der Waals surface area contributed by atoms with Gasteiger partial charge < -0.3 is 10.4 Å². The summed E-state index contributed by atoms with van der Waals surface area (Å²) in [6.07, 6.45) is 1.63. The number of fused-ring (bicyclic) bond motifs is 1. The average Bonchev–Trinajstić information content (AvgIpc) is 2.49. The van der Waals surface area contributed by atoms with Crippen LogP contribution in [0.15, 0.2) is 48.7 Å². The third-order valence-corrected chi connectivity index (χ3v) is 3.59. The number of carbonyl (C=O) groups is 1. The van der Waals surface area contributed by atoms with E-state index in [-0.39, 0.29) is 11.3 Å². The second-order valence-electron chi connectivity index (χ2n) is 4.68. The number of anilines is 1. The summed E-state index contributed by atoms with van der Waals surface area (Å²) in [6.45, 7) is 0. The van der Waals surface area contributed by atoms with E-state index >= 15 is 0 Å². The van der Waals surface area contributed by atoms with Crippen LogP contribution in [-0.2, 0) is 0 Å². The first-order chi connectivity index (χ1) is 10.5. The second-order valence-corrected chi connectivity index (χ2v) is 5.51. The molecule has 0 radical (unpaired) electrons. The molecule has 1 amide bonds. The Morgan fingerprint density at radius 3 is 2.68 bits per heavy atom. The van der Waals surface area contributed by atoms with Gasteiger partial charge in [0, 0.05) is 22.3 Å². The van der Waals surface area contributed by atoms with Crippen molar-refractivity contribution in [3.63, 3.8) is 0 Å². The number of carbonyl (C=O) groups excluding carboxylic acids is 1. The number of hydrogen-bond donors (Lipinski definition) is 2. The first-order valence-corrected chi connectivity index (χ1v) is 7.14. The summed E-state index contributed by atoms with van der Waals surface area (Å²) in [5.41, 5.74) is 0.697. The molecule has 0 aliphatic rings. The maximum atomic E-state index is 12.2. The summed E-state index contributed by atoms with van der Waals surface area (Å²) in [4.78, 5) is 16.2. The van der Waals surface area contributed by atoms with Gasteiger partial charge in [0.15, 0.2) is 0 Å². The standard InChI is InChI=1S/C16H10Cl2N2O2/c17-11-2-4-14(21)13(7-11)16(22)20-12-3-1-9-6-15(18)19-8-10(9)5-12/h1-8,21H,(H,20,22). The Labute approximate surface area is 136 Å². The van der Waals surface area contributed by atoms with Gasteiger partial charge >= 0.3 is 0 Å². The molecule has 0 atom stereocenters. The fourth-order valence-corrected chi connectivity index (χ4v) is 2.42. The number of benzene rings is 2. The molecule has 0 spiro atoms. The van der Waals surface area contributed by atoms with Crippen LogP contribution in [0, 0.1) is 0 Å². The van der Waals surface area contributed by atoms with Crippen LogP contribution in [0.5, 0.6) is 5.75 Å². The SMILES string of the molecule is O=C(Nc1ccc2cc(Cl)ncc2c1)c1cc(Cl)ccc1O. The van der Waals surface area contributed by atoms with E-state index in [2.05, 4.69) is 10.3 Å². The van der Waals surface area contributed by atoms with Crippen LogP contribution in [0.4, 0.5) is 5.69 Å². The lowest BCUT2D eigenvalue weighted by molar-refractivity contribution is 0.102. The van der Waals surface area contributed by atoms with E-state index in [1.54, 1.807) is 24.4 Å². The maximum absolute atomic E-state index is 12.2. The summed E-state index contributed by atoms with van der Waals surface area (Å²) in [5, 5.41) is 15.0. The summed E-state index contributed by atoms with van der Waals surface area (Å²) in [5.74, 6) is -0.572. The number of aromatic hydroxyl groups is 1. The van der Waals surface area contributed by atoms with E-state index in [4.69, 9.17) is 23.2 Å². The molecule has 2 aromatic carbocycles. The predicted molar refractivity (Wildman–Crippen MR) is 87.8 cm³/mol. The van der Waals surface area contributed by atoms with Crippen molar-refractivity contribution in [2.75, 3.05) is 5.32 Å². The minimum absolute atomic E-state index is 0.113. The van der Waals surface area contributed by atoms with Crippen LogP contribution in [-0.4, -0.2) is 16.0 Å². The molecule has 3 aromatic rings. The Bertz CT molecular complexity index is 881. The van der Waals surface area contributed by atoms with Gasteiger partial charge in [-0.15, -0.1) is 0 Å². The highest BCUT2D eigenvalue weighted by molar-refractivity contribution is 6.31. The largest absolute Gasteiger partial charge is 0.507 e. The smallest absolute Gasteiger partial charge is 0.259 e. The molecular formula is C16H10Cl2N2O2. The molecule has 3 rings (SSSR count). The van der Waals surface area contributed by atoms with Crippen molar-refractivity contribution in [2.24, 2.45) is 0 Å². The van der Waals surface area contributed by atoms with E-state index in [1.807, 2.05) is 6.07 Å². The molecule has 0 unspecified atom stereocenters. The highest BCUT2D eigenvalue weighted by Gasteiger charge is 2.12. The molecule has 0 aliphatic carbocycles. The molecule has 1 heterocycles. The normalized spacial score (nSPS) is 10.6. The Balaban J connectivity index is 1.90. The maximum Gasteiger partial charge on any atom is 0.259 e. The fourth-order valence-electron chi connectivity index (χ4n) is 2.08. The number of amides is 1. The lowest BCUT2D eigenvalue weighted by Crippen LogP contribution is -2.12. The number of halogens is 2. The predicted octanol–water partition coefficient (Wildman–Crippen LogP) is 4.50.